The zero-order valence-corrected chi connectivity index (χ0v) is 12.9. The first kappa shape index (κ1) is 15.7. The van der Waals surface area contributed by atoms with Gasteiger partial charge in [0.2, 0.25) is 0 Å². The van der Waals surface area contributed by atoms with Crippen molar-refractivity contribution in [3.8, 4) is 0 Å². The fraction of sp³-hybridized carbons (Fsp3) is 0.500. The van der Waals surface area contributed by atoms with Crippen molar-refractivity contribution in [1.29, 1.82) is 0 Å². The third-order valence-corrected chi connectivity index (χ3v) is 3.43. The molecule has 0 aliphatic heterocycles. The van der Waals surface area contributed by atoms with E-state index in [0.29, 0.717) is 12.6 Å². The number of aromatic nitrogens is 3. The van der Waals surface area contributed by atoms with Gasteiger partial charge < -0.3 is 5.73 Å². The van der Waals surface area contributed by atoms with Crippen LogP contribution in [0.4, 0.5) is 0 Å². The minimum absolute atomic E-state index is 0.329. The number of rotatable bonds is 8. The molecule has 0 bridgehead atoms. The second kappa shape index (κ2) is 7.90. The number of nitrogens with zero attached hydrogens (tertiary/aromatic N) is 4. The van der Waals surface area contributed by atoms with Gasteiger partial charge in [-0.05, 0) is 32.4 Å². The molecule has 0 amide bonds. The van der Waals surface area contributed by atoms with Crippen LogP contribution in [0.25, 0.3) is 0 Å². The summed E-state index contributed by atoms with van der Waals surface area (Å²) in [5.74, 6) is 1.01. The van der Waals surface area contributed by atoms with Crippen molar-refractivity contribution in [2.24, 2.45) is 5.73 Å². The first-order chi connectivity index (χ1) is 10.2. The molecule has 1 aromatic carbocycles. The molecule has 1 aromatic heterocycles. The first-order valence-corrected chi connectivity index (χ1v) is 7.55. The molecule has 0 saturated heterocycles. The first-order valence-electron chi connectivity index (χ1n) is 7.55. The van der Waals surface area contributed by atoms with Crippen LogP contribution in [-0.4, -0.2) is 32.8 Å². The molecule has 0 saturated carbocycles. The highest BCUT2D eigenvalue weighted by Gasteiger charge is 2.13. The van der Waals surface area contributed by atoms with Gasteiger partial charge >= 0.3 is 0 Å². The summed E-state index contributed by atoms with van der Waals surface area (Å²) in [6, 6.07) is 10.8. The van der Waals surface area contributed by atoms with Crippen molar-refractivity contribution < 1.29 is 0 Å². The second-order valence-corrected chi connectivity index (χ2v) is 5.55. The van der Waals surface area contributed by atoms with E-state index in [9.17, 15) is 0 Å². The van der Waals surface area contributed by atoms with Gasteiger partial charge in [0.15, 0.2) is 0 Å². The molecule has 21 heavy (non-hydrogen) atoms. The van der Waals surface area contributed by atoms with Gasteiger partial charge in [-0.15, -0.1) is 0 Å². The summed E-state index contributed by atoms with van der Waals surface area (Å²) >= 11 is 0. The van der Waals surface area contributed by atoms with Crippen LogP contribution in [0.15, 0.2) is 36.7 Å². The summed E-state index contributed by atoms with van der Waals surface area (Å²) < 4.78 is 1.99. The van der Waals surface area contributed by atoms with Gasteiger partial charge in [-0.1, -0.05) is 30.3 Å². The average Bonchev–Trinajstić information content (AvgIpc) is 2.94. The highest BCUT2D eigenvalue weighted by molar-refractivity contribution is 5.14. The lowest BCUT2D eigenvalue weighted by Gasteiger charge is -2.22. The molecular weight excluding hydrogens is 262 g/mol. The fourth-order valence-electron chi connectivity index (χ4n) is 2.39. The zero-order chi connectivity index (χ0) is 15.1. The Morgan fingerprint density at radius 1 is 1.19 bits per heavy atom. The molecule has 1 heterocycles. The lowest BCUT2D eigenvalue weighted by molar-refractivity contribution is 0.241. The monoisotopic (exact) mass is 287 g/mol. The highest BCUT2D eigenvalue weighted by Crippen LogP contribution is 2.11. The third kappa shape index (κ3) is 4.65. The van der Waals surface area contributed by atoms with Crippen LogP contribution < -0.4 is 5.73 Å². The topological polar surface area (TPSA) is 60.0 Å². The summed E-state index contributed by atoms with van der Waals surface area (Å²) in [7, 11) is 0. The molecule has 0 radical (unpaired) electrons. The minimum Gasteiger partial charge on any atom is -0.330 e. The molecule has 2 rings (SSSR count). The SMILES string of the molecule is CC(C)n1ncnc1CN(CCCN)Cc1ccccc1. The molecule has 2 N–H and O–H groups in total. The molecule has 0 atom stereocenters. The van der Waals surface area contributed by atoms with Gasteiger partial charge in [0, 0.05) is 19.1 Å². The van der Waals surface area contributed by atoms with E-state index in [1.807, 2.05) is 10.7 Å². The van der Waals surface area contributed by atoms with E-state index in [-0.39, 0.29) is 0 Å². The Kier molecular flexibility index (Phi) is 5.90. The largest absolute Gasteiger partial charge is 0.330 e. The maximum absolute atomic E-state index is 5.66. The van der Waals surface area contributed by atoms with Gasteiger partial charge in [-0.3, -0.25) is 4.90 Å². The van der Waals surface area contributed by atoms with E-state index in [2.05, 4.69) is 53.1 Å². The molecule has 5 nitrogen and oxygen atoms in total. The van der Waals surface area contributed by atoms with Gasteiger partial charge in [0.1, 0.15) is 12.2 Å². The highest BCUT2D eigenvalue weighted by atomic mass is 15.4. The summed E-state index contributed by atoms with van der Waals surface area (Å²) in [4.78, 5) is 6.79. The van der Waals surface area contributed by atoms with Crippen molar-refractivity contribution in [2.45, 2.75) is 39.4 Å². The molecule has 0 aliphatic rings. The van der Waals surface area contributed by atoms with Crippen LogP contribution in [0.1, 0.15) is 37.7 Å². The molecule has 0 fully saturated rings. The Bertz CT molecular complexity index is 520. The molecule has 2 aromatic rings. The normalized spacial score (nSPS) is 11.5. The molecule has 114 valence electrons. The van der Waals surface area contributed by atoms with E-state index < -0.39 is 0 Å². The second-order valence-electron chi connectivity index (χ2n) is 5.55. The van der Waals surface area contributed by atoms with E-state index in [4.69, 9.17) is 5.73 Å². The van der Waals surface area contributed by atoms with Gasteiger partial charge in [0.05, 0.1) is 6.54 Å². The van der Waals surface area contributed by atoms with Gasteiger partial charge in [-0.2, -0.15) is 5.10 Å². The Morgan fingerprint density at radius 3 is 2.62 bits per heavy atom. The quantitative estimate of drug-likeness (QED) is 0.808. The summed E-state index contributed by atoms with van der Waals surface area (Å²) in [6.45, 7) is 7.64. The van der Waals surface area contributed by atoms with Crippen LogP contribution >= 0.6 is 0 Å². The number of nitrogens with two attached hydrogens (primary N) is 1. The maximum Gasteiger partial charge on any atom is 0.141 e. The molecule has 0 unspecified atom stereocenters. The Morgan fingerprint density at radius 2 is 1.95 bits per heavy atom. The third-order valence-electron chi connectivity index (χ3n) is 3.43. The fourth-order valence-corrected chi connectivity index (χ4v) is 2.39. The molecule has 0 spiro atoms. The number of hydrogen-bond donors (Lipinski definition) is 1. The van der Waals surface area contributed by atoms with Crippen LogP contribution in [0.5, 0.6) is 0 Å². The van der Waals surface area contributed by atoms with E-state index in [1.165, 1.54) is 5.56 Å². The van der Waals surface area contributed by atoms with Crippen LogP contribution in [0.3, 0.4) is 0 Å². The van der Waals surface area contributed by atoms with Gasteiger partial charge in [-0.25, -0.2) is 9.67 Å². The minimum atomic E-state index is 0.329. The van der Waals surface area contributed by atoms with E-state index in [1.54, 1.807) is 6.33 Å². The predicted molar refractivity (Wildman–Crippen MR) is 84.6 cm³/mol. The van der Waals surface area contributed by atoms with Crippen molar-refractivity contribution in [3.05, 3.63) is 48.0 Å². The average molecular weight is 287 g/mol. The number of benzene rings is 1. The van der Waals surface area contributed by atoms with Crippen LogP contribution in [-0.2, 0) is 13.1 Å². The standard InChI is InChI=1S/C16H25N5/c1-14(2)21-16(18-13-19-21)12-20(10-6-9-17)11-15-7-4-3-5-8-15/h3-5,7-8,13-14H,6,9-12,17H2,1-2H3. The maximum atomic E-state index is 5.66. The lowest BCUT2D eigenvalue weighted by Crippen LogP contribution is -2.27. The smallest absolute Gasteiger partial charge is 0.141 e. The Hall–Kier alpha value is -1.72. The molecule has 5 heteroatoms. The van der Waals surface area contributed by atoms with E-state index in [0.717, 1.165) is 31.9 Å². The molecule has 0 aliphatic carbocycles. The Labute approximate surface area is 126 Å². The van der Waals surface area contributed by atoms with Crippen molar-refractivity contribution >= 4 is 0 Å². The summed E-state index contributed by atoms with van der Waals surface area (Å²) in [5.41, 5.74) is 6.97. The van der Waals surface area contributed by atoms with Crippen molar-refractivity contribution in [3.63, 3.8) is 0 Å². The molecular formula is C16H25N5. The van der Waals surface area contributed by atoms with E-state index >= 15 is 0 Å². The Balaban J connectivity index is 2.07. The van der Waals surface area contributed by atoms with Crippen LogP contribution in [0, 0.1) is 0 Å². The van der Waals surface area contributed by atoms with Gasteiger partial charge in [0.25, 0.3) is 0 Å². The van der Waals surface area contributed by atoms with Crippen LogP contribution in [0.2, 0.25) is 0 Å². The van der Waals surface area contributed by atoms with Crippen molar-refractivity contribution in [1.82, 2.24) is 19.7 Å². The van der Waals surface area contributed by atoms with Crippen molar-refractivity contribution in [2.75, 3.05) is 13.1 Å². The number of hydrogen-bond acceptors (Lipinski definition) is 4. The summed E-state index contributed by atoms with van der Waals surface area (Å²) in [5, 5.41) is 4.31. The lowest BCUT2D eigenvalue weighted by atomic mass is 10.2. The predicted octanol–water partition coefficient (Wildman–Crippen LogP) is 2.21. The zero-order valence-electron chi connectivity index (χ0n) is 12.9. The summed E-state index contributed by atoms with van der Waals surface area (Å²) in [6.07, 6.45) is 2.63.